The van der Waals surface area contributed by atoms with E-state index in [-0.39, 0.29) is 18.6 Å². The van der Waals surface area contributed by atoms with Gasteiger partial charge in [-0.3, -0.25) is 19.2 Å². The van der Waals surface area contributed by atoms with Crippen LogP contribution in [0.2, 0.25) is 0 Å². The SMILES string of the molecule is CSCCC(NC(=O)C(CS)NC(=O)C(N)CC(=O)O)C(=O)NC(Cc1ccccc1)C(=O)O. The van der Waals surface area contributed by atoms with E-state index in [4.69, 9.17) is 10.8 Å². The van der Waals surface area contributed by atoms with Crippen molar-refractivity contribution in [2.24, 2.45) is 5.73 Å². The predicted molar refractivity (Wildman–Crippen MR) is 131 cm³/mol. The average molecular weight is 515 g/mol. The zero-order chi connectivity index (χ0) is 25.7. The highest BCUT2D eigenvalue weighted by Gasteiger charge is 2.30. The highest BCUT2D eigenvalue weighted by Crippen LogP contribution is 2.07. The molecule has 3 amide bonds. The molecule has 4 unspecified atom stereocenters. The fourth-order valence-electron chi connectivity index (χ4n) is 2.85. The van der Waals surface area contributed by atoms with Crippen LogP contribution in [0, 0.1) is 0 Å². The van der Waals surface area contributed by atoms with Crippen molar-refractivity contribution in [2.75, 3.05) is 17.8 Å². The highest BCUT2D eigenvalue weighted by molar-refractivity contribution is 7.98. The van der Waals surface area contributed by atoms with E-state index in [0.717, 1.165) is 5.56 Å². The Morgan fingerprint density at radius 1 is 0.941 bits per heavy atom. The lowest BCUT2D eigenvalue weighted by molar-refractivity contribution is -0.142. The molecule has 0 fully saturated rings. The molecule has 0 aliphatic carbocycles. The molecule has 13 heteroatoms. The van der Waals surface area contributed by atoms with Crippen LogP contribution >= 0.6 is 24.4 Å². The summed E-state index contributed by atoms with van der Waals surface area (Å²) < 4.78 is 0. The van der Waals surface area contributed by atoms with Gasteiger partial charge in [0.15, 0.2) is 0 Å². The number of amides is 3. The number of rotatable bonds is 15. The monoisotopic (exact) mass is 514 g/mol. The lowest BCUT2D eigenvalue weighted by atomic mass is 10.1. The topological polar surface area (TPSA) is 188 Å². The number of nitrogens with one attached hydrogen (secondary N) is 3. The molecule has 0 aliphatic heterocycles. The Balaban J connectivity index is 2.87. The Kier molecular flexibility index (Phi) is 13.1. The largest absolute Gasteiger partial charge is 0.481 e. The van der Waals surface area contributed by atoms with Crippen molar-refractivity contribution < 1.29 is 34.2 Å². The van der Waals surface area contributed by atoms with Gasteiger partial charge in [0.05, 0.1) is 12.5 Å². The van der Waals surface area contributed by atoms with Crippen molar-refractivity contribution >= 4 is 54.1 Å². The summed E-state index contributed by atoms with van der Waals surface area (Å²) in [5.74, 6) is -4.40. The van der Waals surface area contributed by atoms with Crippen molar-refractivity contribution in [1.29, 1.82) is 0 Å². The van der Waals surface area contributed by atoms with E-state index >= 15 is 0 Å². The van der Waals surface area contributed by atoms with Gasteiger partial charge in [-0.2, -0.15) is 24.4 Å². The number of carbonyl (C=O) groups is 5. The molecule has 188 valence electrons. The molecule has 0 spiro atoms. The number of carboxylic acids is 2. The van der Waals surface area contributed by atoms with Crippen LogP contribution in [0.1, 0.15) is 18.4 Å². The minimum absolute atomic E-state index is 0.0574. The average Bonchev–Trinajstić information content (AvgIpc) is 2.79. The fourth-order valence-corrected chi connectivity index (χ4v) is 3.58. The maximum Gasteiger partial charge on any atom is 0.326 e. The number of carbonyl (C=O) groups excluding carboxylic acids is 3. The van der Waals surface area contributed by atoms with Crippen molar-refractivity contribution in [3.05, 3.63) is 35.9 Å². The van der Waals surface area contributed by atoms with Gasteiger partial charge in [0.25, 0.3) is 0 Å². The van der Waals surface area contributed by atoms with E-state index in [1.165, 1.54) is 11.8 Å². The van der Waals surface area contributed by atoms with Gasteiger partial charge in [-0.1, -0.05) is 30.3 Å². The standard InChI is InChI=1S/C21H30N4O7S2/c1-34-8-7-14(19(29)24-15(21(31)32)9-12-5-3-2-4-6-12)23-20(30)16(11-33)25-18(28)13(22)10-17(26)27/h2-6,13-16,33H,7-11,22H2,1H3,(H,23,30)(H,24,29)(H,25,28)(H,26,27)(H,31,32). The molecule has 1 aromatic carbocycles. The Labute approximate surface area is 207 Å². The first kappa shape index (κ1) is 29.3. The number of nitrogens with two attached hydrogens (primary N) is 1. The second kappa shape index (κ2) is 15.2. The first-order valence-electron chi connectivity index (χ1n) is 10.3. The molecule has 0 saturated carbocycles. The van der Waals surface area contributed by atoms with Gasteiger partial charge >= 0.3 is 11.9 Å². The molecule has 1 aromatic rings. The lowest BCUT2D eigenvalue weighted by Gasteiger charge is -2.24. The van der Waals surface area contributed by atoms with Crippen LogP contribution < -0.4 is 21.7 Å². The minimum Gasteiger partial charge on any atom is -0.481 e. The zero-order valence-corrected chi connectivity index (χ0v) is 20.3. The van der Waals surface area contributed by atoms with Crippen LogP contribution in [0.4, 0.5) is 0 Å². The molecule has 0 bridgehead atoms. The first-order valence-corrected chi connectivity index (χ1v) is 12.4. The van der Waals surface area contributed by atoms with Gasteiger partial charge in [-0.05, 0) is 24.0 Å². The van der Waals surface area contributed by atoms with E-state index in [1.807, 2.05) is 6.26 Å². The summed E-state index contributed by atoms with van der Waals surface area (Å²) in [6, 6.07) is 3.96. The molecule has 0 aliphatic rings. The zero-order valence-electron chi connectivity index (χ0n) is 18.6. The Hall–Kier alpha value is -2.77. The molecule has 0 saturated heterocycles. The van der Waals surface area contributed by atoms with Crippen LogP contribution in [-0.4, -0.2) is 81.8 Å². The van der Waals surface area contributed by atoms with Crippen LogP contribution in [-0.2, 0) is 30.4 Å². The molecule has 7 N–H and O–H groups in total. The van der Waals surface area contributed by atoms with Crippen molar-refractivity contribution in [2.45, 2.75) is 43.4 Å². The number of carboxylic acid groups (broad SMARTS) is 2. The Morgan fingerprint density at radius 3 is 2.03 bits per heavy atom. The Morgan fingerprint density at radius 2 is 1.50 bits per heavy atom. The van der Waals surface area contributed by atoms with Gasteiger partial charge < -0.3 is 31.9 Å². The maximum atomic E-state index is 12.9. The molecule has 0 aromatic heterocycles. The van der Waals surface area contributed by atoms with Gasteiger partial charge in [0.2, 0.25) is 17.7 Å². The van der Waals surface area contributed by atoms with Crippen LogP contribution in [0.15, 0.2) is 30.3 Å². The second-order valence-electron chi connectivity index (χ2n) is 7.38. The number of benzene rings is 1. The molecule has 1 rings (SSSR count). The smallest absolute Gasteiger partial charge is 0.326 e. The van der Waals surface area contributed by atoms with Gasteiger partial charge in [-0.15, -0.1) is 0 Å². The van der Waals surface area contributed by atoms with Crippen molar-refractivity contribution in [3.63, 3.8) is 0 Å². The van der Waals surface area contributed by atoms with E-state index in [2.05, 4.69) is 28.6 Å². The third-order valence-electron chi connectivity index (χ3n) is 4.69. The third-order valence-corrected chi connectivity index (χ3v) is 5.70. The van der Waals surface area contributed by atoms with E-state index < -0.39 is 60.2 Å². The fraction of sp³-hybridized carbons (Fsp3) is 0.476. The molecular formula is C21H30N4O7S2. The van der Waals surface area contributed by atoms with Crippen molar-refractivity contribution in [1.82, 2.24) is 16.0 Å². The molecular weight excluding hydrogens is 484 g/mol. The van der Waals surface area contributed by atoms with Crippen LogP contribution in [0.25, 0.3) is 0 Å². The van der Waals surface area contributed by atoms with Crippen LogP contribution in [0.5, 0.6) is 0 Å². The lowest BCUT2D eigenvalue weighted by Crippen LogP contribution is -2.58. The first-order chi connectivity index (χ1) is 16.1. The summed E-state index contributed by atoms with van der Waals surface area (Å²) in [4.78, 5) is 60.1. The van der Waals surface area contributed by atoms with Crippen molar-refractivity contribution in [3.8, 4) is 0 Å². The third kappa shape index (κ3) is 10.4. The van der Waals surface area contributed by atoms with E-state index in [0.29, 0.717) is 5.75 Å². The van der Waals surface area contributed by atoms with Gasteiger partial charge in [0.1, 0.15) is 18.1 Å². The maximum absolute atomic E-state index is 12.9. The van der Waals surface area contributed by atoms with E-state index in [1.54, 1.807) is 30.3 Å². The molecule has 0 heterocycles. The molecule has 0 radical (unpaired) electrons. The highest BCUT2D eigenvalue weighted by atomic mass is 32.2. The van der Waals surface area contributed by atoms with Gasteiger partial charge in [0, 0.05) is 12.2 Å². The number of hydrogen-bond donors (Lipinski definition) is 7. The summed E-state index contributed by atoms with van der Waals surface area (Å²) in [6.45, 7) is 0. The summed E-state index contributed by atoms with van der Waals surface area (Å²) in [7, 11) is 0. The number of aliphatic carboxylic acids is 2. The number of hydrogen-bond acceptors (Lipinski definition) is 8. The summed E-state index contributed by atoms with van der Waals surface area (Å²) in [6.07, 6.45) is 1.46. The second-order valence-corrected chi connectivity index (χ2v) is 8.73. The molecule has 4 atom stereocenters. The summed E-state index contributed by atoms with van der Waals surface area (Å²) >= 11 is 5.47. The van der Waals surface area contributed by atoms with E-state index in [9.17, 15) is 29.1 Å². The molecule has 11 nitrogen and oxygen atoms in total. The minimum atomic E-state index is -1.36. The number of thiol groups is 1. The Bertz CT molecular complexity index is 857. The summed E-state index contributed by atoms with van der Waals surface area (Å²) in [5, 5.41) is 25.6. The van der Waals surface area contributed by atoms with Gasteiger partial charge in [-0.25, -0.2) is 4.79 Å². The predicted octanol–water partition coefficient (Wildman–Crippen LogP) is -0.747. The van der Waals surface area contributed by atoms with Crippen LogP contribution in [0.3, 0.4) is 0 Å². The quantitative estimate of drug-likeness (QED) is 0.148. The molecule has 34 heavy (non-hydrogen) atoms. The summed E-state index contributed by atoms with van der Waals surface area (Å²) in [5.41, 5.74) is 6.23. The normalized spacial score (nSPS) is 14.2. The number of thioether (sulfide) groups is 1.